The fraction of sp³-hybridized carbons (Fsp3) is 0.750. The molecule has 1 fully saturated rings. The van der Waals surface area contributed by atoms with Crippen molar-refractivity contribution in [1.82, 2.24) is 14.7 Å². The van der Waals surface area contributed by atoms with E-state index in [9.17, 15) is 5.11 Å². The third-order valence-electron chi connectivity index (χ3n) is 3.51. The molecule has 1 aromatic rings. The van der Waals surface area contributed by atoms with Gasteiger partial charge in [0.2, 0.25) is 0 Å². The second-order valence-electron chi connectivity index (χ2n) is 5.07. The molecule has 5 nitrogen and oxygen atoms in total. The first kappa shape index (κ1) is 12.5. The lowest BCUT2D eigenvalue weighted by Gasteiger charge is -2.43. The van der Waals surface area contributed by atoms with Crippen LogP contribution in [-0.2, 0) is 11.8 Å². The van der Waals surface area contributed by atoms with E-state index in [0.29, 0.717) is 0 Å². The Morgan fingerprint density at radius 1 is 1.41 bits per heavy atom. The van der Waals surface area contributed by atoms with Crippen LogP contribution >= 0.6 is 0 Å². The molecule has 2 heterocycles. The van der Waals surface area contributed by atoms with E-state index in [4.69, 9.17) is 4.74 Å². The maximum atomic E-state index is 10.5. The van der Waals surface area contributed by atoms with Gasteiger partial charge in [0.1, 0.15) is 6.10 Å². The van der Waals surface area contributed by atoms with Crippen LogP contribution in [0.4, 0.5) is 0 Å². The lowest BCUT2D eigenvalue weighted by molar-refractivity contribution is -0.0644. The first-order valence-electron chi connectivity index (χ1n) is 6.02. The van der Waals surface area contributed by atoms with Gasteiger partial charge in [-0.15, -0.1) is 0 Å². The number of morpholine rings is 1. The molecule has 1 aliphatic heterocycles. The Bertz CT molecular complexity index is 370. The predicted octanol–water partition coefficient (Wildman–Crippen LogP) is 0.564. The van der Waals surface area contributed by atoms with Gasteiger partial charge in [0, 0.05) is 31.9 Å². The monoisotopic (exact) mass is 239 g/mol. The summed E-state index contributed by atoms with van der Waals surface area (Å²) in [6.45, 7) is 7.29. The van der Waals surface area contributed by atoms with Crippen LogP contribution in [0.1, 0.15) is 25.6 Å². The minimum atomic E-state index is -0.582. The van der Waals surface area contributed by atoms with Gasteiger partial charge in [0.25, 0.3) is 0 Å². The Morgan fingerprint density at radius 3 is 2.59 bits per heavy atom. The highest BCUT2D eigenvalue weighted by Crippen LogP contribution is 2.30. The molecule has 2 rings (SSSR count). The first-order valence-corrected chi connectivity index (χ1v) is 6.02. The van der Waals surface area contributed by atoms with Gasteiger partial charge in [-0.25, -0.2) is 0 Å². The highest BCUT2D eigenvalue weighted by molar-refractivity contribution is 5.09. The fourth-order valence-electron chi connectivity index (χ4n) is 2.25. The summed E-state index contributed by atoms with van der Waals surface area (Å²) in [5.41, 5.74) is 0.405. The standard InChI is InChI=1S/C12H21N3O2/c1-12(2,15-6-8-17-9-7-15)11(16)10-4-5-14(3)13-10/h4-5,11,16H,6-9H2,1-3H3. The van der Waals surface area contributed by atoms with Crippen molar-refractivity contribution in [3.05, 3.63) is 18.0 Å². The van der Waals surface area contributed by atoms with Crippen molar-refractivity contribution in [2.75, 3.05) is 26.3 Å². The van der Waals surface area contributed by atoms with Gasteiger partial charge in [-0.1, -0.05) is 0 Å². The summed E-state index contributed by atoms with van der Waals surface area (Å²) in [6, 6.07) is 1.87. The molecule has 0 spiro atoms. The quantitative estimate of drug-likeness (QED) is 0.837. The molecule has 0 bridgehead atoms. The number of aliphatic hydroxyl groups excluding tert-OH is 1. The zero-order valence-corrected chi connectivity index (χ0v) is 10.8. The van der Waals surface area contributed by atoms with Crippen LogP contribution < -0.4 is 0 Å². The van der Waals surface area contributed by atoms with Gasteiger partial charge in [0.15, 0.2) is 0 Å². The molecule has 0 aromatic carbocycles. The lowest BCUT2D eigenvalue weighted by atomic mass is 9.92. The summed E-state index contributed by atoms with van der Waals surface area (Å²) in [4.78, 5) is 2.26. The van der Waals surface area contributed by atoms with Crippen molar-refractivity contribution >= 4 is 0 Å². The minimum absolute atomic E-state index is 0.321. The number of hydrogen-bond acceptors (Lipinski definition) is 4. The van der Waals surface area contributed by atoms with Crippen LogP contribution in [-0.4, -0.2) is 51.6 Å². The minimum Gasteiger partial charge on any atom is -0.385 e. The van der Waals surface area contributed by atoms with Crippen molar-refractivity contribution in [3.63, 3.8) is 0 Å². The normalized spacial score (nSPS) is 20.5. The average Bonchev–Trinajstić information content (AvgIpc) is 2.76. The summed E-state index contributed by atoms with van der Waals surface area (Å²) in [5, 5.41) is 14.7. The van der Waals surface area contributed by atoms with E-state index in [-0.39, 0.29) is 5.54 Å². The second-order valence-corrected chi connectivity index (χ2v) is 5.07. The van der Waals surface area contributed by atoms with Crippen molar-refractivity contribution in [3.8, 4) is 0 Å². The summed E-state index contributed by atoms with van der Waals surface area (Å²) in [7, 11) is 1.86. The molecule has 0 radical (unpaired) electrons. The number of aromatic nitrogens is 2. The van der Waals surface area contributed by atoms with Gasteiger partial charge >= 0.3 is 0 Å². The Kier molecular flexibility index (Phi) is 3.51. The SMILES string of the molecule is Cn1ccc(C(O)C(C)(C)N2CCOCC2)n1. The van der Waals surface area contributed by atoms with Crippen molar-refractivity contribution < 1.29 is 9.84 Å². The number of aryl methyl sites for hydroxylation is 1. The van der Waals surface area contributed by atoms with Crippen LogP contribution in [0.25, 0.3) is 0 Å². The van der Waals surface area contributed by atoms with Crippen LogP contribution in [0, 0.1) is 0 Å². The van der Waals surface area contributed by atoms with Crippen LogP contribution in [0.15, 0.2) is 12.3 Å². The smallest absolute Gasteiger partial charge is 0.116 e. The Labute approximate surface area is 102 Å². The van der Waals surface area contributed by atoms with Gasteiger partial charge in [-0.3, -0.25) is 9.58 Å². The van der Waals surface area contributed by atoms with Gasteiger partial charge in [-0.05, 0) is 19.9 Å². The summed E-state index contributed by atoms with van der Waals surface area (Å²) < 4.78 is 7.06. The van der Waals surface area contributed by atoms with Gasteiger partial charge < -0.3 is 9.84 Å². The summed E-state index contributed by atoms with van der Waals surface area (Å²) in [5.74, 6) is 0. The highest BCUT2D eigenvalue weighted by Gasteiger charge is 2.37. The van der Waals surface area contributed by atoms with Crippen molar-refractivity contribution in [1.29, 1.82) is 0 Å². The van der Waals surface area contributed by atoms with Crippen LogP contribution in [0.3, 0.4) is 0 Å². The molecule has 0 aliphatic carbocycles. The van der Waals surface area contributed by atoms with Crippen LogP contribution in [0.5, 0.6) is 0 Å². The molecular formula is C12H21N3O2. The predicted molar refractivity (Wildman–Crippen MR) is 64.6 cm³/mol. The van der Waals surface area contributed by atoms with E-state index in [1.807, 2.05) is 19.3 Å². The molecule has 1 saturated heterocycles. The van der Waals surface area contributed by atoms with Crippen LogP contribution in [0.2, 0.25) is 0 Å². The van der Waals surface area contributed by atoms with Crippen molar-refractivity contribution in [2.45, 2.75) is 25.5 Å². The Morgan fingerprint density at radius 2 is 2.06 bits per heavy atom. The third-order valence-corrected chi connectivity index (χ3v) is 3.51. The number of aliphatic hydroxyl groups is 1. The molecule has 17 heavy (non-hydrogen) atoms. The molecule has 1 aromatic heterocycles. The maximum absolute atomic E-state index is 10.5. The Balaban J connectivity index is 2.13. The van der Waals surface area contributed by atoms with E-state index < -0.39 is 6.10 Å². The third kappa shape index (κ3) is 2.51. The number of nitrogens with zero attached hydrogens (tertiary/aromatic N) is 3. The molecule has 96 valence electrons. The van der Waals surface area contributed by atoms with Gasteiger partial charge in [0.05, 0.1) is 18.9 Å². The molecule has 1 unspecified atom stereocenters. The molecule has 0 amide bonds. The zero-order chi connectivity index (χ0) is 12.5. The zero-order valence-electron chi connectivity index (χ0n) is 10.8. The van der Waals surface area contributed by atoms with Gasteiger partial charge in [-0.2, -0.15) is 5.10 Å². The number of rotatable bonds is 3. The molecule has 0 saturated carbocycles. The van der Waals surface area contributed by atoms with E-state index in [1.54, 1.807) is 4.68 Å². The van der Waals surface area contributed by atoms with E-state index >= 15 is 0 Å². The van der Waals surface area contributed by atoms with Crippen molar-refractivity contribution in [2.24, 2.45) is 7.05 Å². The highest BCUT2D eigenvalue weighted by atomic mass is 16.5. The number of hydrogen-bond donors (Lipinski definition) is 1. The molecule has 5 heteroatoms. The van der Waals surface area contributed by atoms with E-state index in [0.717, 1.165) is 32.0 Å². The summed E-state index contributed by atoms with van der Waals surface area (Å²) >= 11 is 0. The summed E-state index contributed by atoms with van der Waals surface area (Å²) in [6.07, 6.45) is 1.27. The largest absolute Gasteiger partial charge is 0.385 e. The second kappa shape index (κ2) is 4.76. The molecular weight excluding hydrogens is 218 g/mol. The Hall–Kier alpha value is -0.910. The first-order chi connectivity index (χ1) is 8.01. The van der Waals surface area contributed by atoms with E-state index in [1.165, 1.54) is 0 Å². The average molecular weight is 239 g/mol. The molecule has 1 aliphatic rings. The maximum Gasteiger partial charge on any atom is 0.116 e. The lowest BCUT2D eigenvalue weighted by Crippen LogP contribution is -2.53. The molecule has 1 atom stereocenters. The molecule has 1 N–H and O–H groups in total. The fourth-order valence-corrected chi connectivity index (χ4v) is 2.25. The van der Waals surface area contributed by atoms with E-state index in [2.05, 4.69) is 23.8 Å². The topological polar surface area (TPSA) is 50.5 Å². The number of ether oxygens (including phenoxy) is 1.